The maximum absolute atomic E-state index is 12.6. The number of aromatic nitrogens is 1. The van der Waals surface area contributed by atoms with Crippen LogP contribution in [0.4, 0.5) is 5.69 Å². The minimum Gasteiger partial charge on any atom is -0.342 e. The van der Waals surface area contributed by atoms with Crippen molar-refractivity contribution in [1.82, 2.24) is 9.88 Å². The molecule has 32 heavy (non-hydrogen) atoms. The third-order valence-electron chi connectivity index (χ3n) is 5.06. The number of nitrogens with zero attached hydrogens (tertiary/aromatic N) is 2. The second-order valence-corrected chi connectivity index (χ2v) is 9.22. The van der Waals surface area contributed by atoms with E-state index in [1.807, 2.05) is 54.6 Å². The van der Waals surface area contributed by atoms with E-state index in [4.69, 9.17) is 23.2 Å². The number of hydrogen-bond acceptors (Lipinski definition) is 3. The van der Waals surface area contributed by atoms with Gasteiger partial charge in [-0.1, -0.05) is 59.6 Å². The summed E-state index contributed by atoms with van der Waals surface area (Å²) in [5.74, 6) is -0.162. The van der Waals surface area contributed by atoms with E-state index < -0.39 is 0 Å². The van der Waals surface area contributed by atoms with E-state index in [-0.39, 0.29) is 5.91 Å². The zero-order chi connectivity index (χ0) is 22.1. The predicted octanol–water partition coefficient (Wildman–Crippen LogP) is 6.89. The summed E-state index contributed by atoms with van der Waals surface area (Å²) in [6.07, 6.45) is 3.99. The van der Waals surface area contributed by atoms with Gasteiger partial charge in [0, 0.05) is 39.3 Å². The highest BCUT2D eigenvalue weighted by molar-refractivity contribution is 8.18. The van der Waals surface area contributed by atoms with Crippen molar-refractivity contribution in [3.05, 3.63) is 105 Å². The van der Waals surface area contributed by atoms with Gasteiger partial charge >= 0.3 is 0 Å². The van der Waals surface area contributed by atoms with E-state index >= 15 is 0 Å². The molecule has 1 fully saturated rings. The lowest BCUT2D eigenvalue weighted by Crippen LogP contribution is -2.19. The fourth-order valence-corrected chi connectivity index (χ4v) is 4.74. The Kier molecular flexibility index (Phi) is 5.79. The largest absolute Gasteiger partial charge is 0.342 e. The molecule has 0 bridgehead atoms. The number of rotatable bonds is 4. The van der Waals surface area contributed by atoms with Crippen molar-refractivity contribution < 1.29 is 4.79 Å². The monoisotopic (exact) mass is 477 g/mol. The van der Waals surface area contributed by atoms with Gasteiger partial charge in [0.1, 0.15) is 0 Å². The van der Waals surface area contributed by atoms with Crippen LogP contribution in [0, 0.1) is 0 Å². The van der Waals surface area contributed by atoms with Crippen molar-refractivity contribution in [1.29, 1.82) is 0 Å². The van der Waals surface area contributed by atoms with Crippen LogP contribution >= 0.6 is 35.0 Å². The SMILES string of the molecule is O=C1NC(=Nc2cccc(Cl)c2)S/C1=C\c1cn(Cc2ccc(Cl)cc2)c2ccccc12. The van der Waals surface area contributed by atoms with E-state index in [2.05, 4.69) is 33.2 Å². The van der Waals surface area contributed by atoms with Crippen molar-refractivity contribution in [2.45, 2.75) is 6.54 Å². The molecule has 5 rings (SSSR count). The van der Waals surface area contributed by atoms with Gasteiger partial charge in [-0.15, -0.1) is 0 Å². The second kappa shape index (κ2) is 8.87. The number of halogens is 2. The number of benzene rings is 3. The van der Waals surface area contributed by atoms with Crippen LogP contribution in [-0.4, -0.2) is 15.6 Å². The second-order valence-electron chi connectivity index (χ2n) is 7.32. The molecule has 1 N–H and O–H groups in total. The molecule has 0 aliphatic carbocycles. The molecule has 0 saturated carbocycles. The predicted molar refractivity (Wildman–Crippen MR) is 135 cm³/mol. The molecule has 2 heterocycles. The van der Waals surface area contributed by atoms with E-state index in [0.717, 1.165) is 27.1 Å². The molecule has 0 atom stereocenters. The Bertz CT molecular complexity index is 1390. The highest BCUT2D eigenvalue weighted by atomic mass is 35.5. The number of carbonyl (C=O) groups excluding carboxylic acids is 1. The van der Waals surface area contributed by atoms with Crippen molar-refractivity contribution >= 4 is 68.7 Å². The first kappa shape index (κ1) is 20.9. The fourth-order valence-electron chi connectivity index (χ4n) is 3.59. The Labute approximate surface area is 199 Å². The molecule has 0 unspecified atom stereocenters. The first-order valence-electron chi connectivity index (χ1n) is 9.93. The molecule has 1 amide bonds. The highest BCUT2D eigenvalue weighted by Crippen LogP contribution is 2.31. The van der Waals surface area contributed by atoms with Gasteiger partial charge in [0.2, 0.25) is 0 Å². The first-order valence-corrected chi connectivity index (χ1v) is 11.5. The lowest BCUT2D eigenvalue weighted by Gasteiger charge is -2.05. The van der Waals surface area contributed by atoms with Gasteiger partial charge in [0.15, 0.2) is 5.17 Å². The quantitative estimate of drug-likeness (QED) is 0.325. The zero-order valence-electron chi connectivity index (χ0n) is 16.8. The van der Waals surface area contributed by atoms with E-state index in [0.29, 0.717) is 27.3 Å². The number of nitrogens with one attached hydrogen (secondary N) is 1. The first-order chi connectivity index (χ1) is 15.5. The molecule has 4 aromatic rings. The molecular weight excluding hydrogens is 461 g/mol. The van der Waals surface area contributed by atoms with Crippen molar-refractivity contribution in [3.63, 3.8) is 0 Å². The summed E-state index contributed by atoms with van der Waals surface area (Å²) in [5, 5.41) is 5.78. The van der Waals surface area contributed by atoms with Gasteiger partial charge in [-0.3, -0.25) is 4.79 Å². The summed E-state index contributed by atoms with van der Waals surface area (Å²) < 4.78 is 2.18. The van der Waals surface area contributed by atoms with E-state index in [9.17, 15) is 4.79 Å². The minimum atomic E-state index is -0.162. The topological polar surface area (TPSA) is 46.4 Å². The van der Waals surface area contributed by atoms with Gasteiger partial charge < -0.3 is 9.88 Å². The minimum absolute atomic E-state index is 0.162. The van der Waals surface area contributed by atoms with Crippen LogP contribution in [0.3, 0.4) is 0 Å². The Morgan fingerprint density at radius 1 is 0.969 bits per heavy atom. The molecule has 7 heteroatoms. The Morgan fingerprint density at radius 2 is 1.78 bits per heavy atom. The Morgan fingerprint density at radius 3 is 2.59 bits per heavy atom. The van der Waals surface area contributed by atoms with Crippen molar-refractivity contribution in [2.24, 2.45) is 4.99 Å². The van der Waals surface area contributed by atoms with Crippen LogP contribution in [-0.2, 0) is 11.3 Å². The van der Waals surface area contributed by atoms with Crippen molar-refractivity contribution in [2.75, 3.05) is 0 Å². The summed E-state index contributed by atoms with van der Waals surface area (Å²) in [4.78, 5) is 17.7. The van der Waals surface area contributed by atoms with Crippen LogP contribution in [0.25, 0.3) is 17.0 Å². The smallest absolute Gasteiger partial charge is 0.264 e. The number of amidine groups is 1. The summed E-state index contributed by atoms with van der Waals surface area (Å²) >= 11 is 13.4. The molecule has 0 spiro atoms. The fraction of sp³-hybridized carbons (Fsp3) is 0.0400. The number of para-hydroxylation sites is 1. The normalized spacial score (nSPS) is 16.2. The standard InChI is InChI=1S/C25H17Cl2N3OS/c26-18-10-8-16(9-11-18)14-30-15-17(21-6-1-2-7-22(21)30)12-23-24(31)29-25(32-23)28-20-5-3-4-19(27)13-20/h1-13,15H,14H2,(H,28,29,31)/b23-12-. The number of carbonyl (C=O) groups is 1. The van der Waals surface area contributed by atoms with E-state index in [1.54, 1.807) is 12.1 Å². The molecule has 3 aromatic carbocycles. The average molecular weight is 478 g/mol. The van der Waals surface area contributed by atoms with Crippen LogP contribution < -0.4 is 5.32 Å². The Balaban J connectivity index is 1.47. The molecular formula is C25H17Cl2N3OS. The highest BCUT2D eigenvalue weighted by Gasteiger charge is 2.24. The molecule has 0 radical (unpaired) electrons. The summed E-state index contributed by atoms with van der Waals surface area (Å²) in [5.41, 5.74) is 3.93. The summed E-state index contributed by atoms with van der Waals surface area (Å²) in [7, 11) is 0. The van der Waals surface area contributed by atoms with Crippen LogP contribution in [0.5, 0.6) is 0 Å². The number of aliphatic imine (C=N–C) groups is 1. The molecule has 1 aliphatic rings. The summed E-state index contributed by atoms with van der Waals surface area (Å²) in [6.45, 7) is 0.710. The lowest BCUT2D eigenvalue weighted by molar-refractivity contribution is -0.115. The lowest BCUT2D eigenvalue weighted by atomic mass is 10.1. The van der Waals surface area contributed by atoms with E-state index in [1.165, 1.54) is 11.8 Å². The third kappa shape index (κ3) is 4.46. The number of thioether (sulfide) groups is 1. The maximum atomic E-state index is 12.6. The van der Waals surface area contributed by atoms with Gasteiger partial charge in [0.05, 0.1) is 10.6 Å². The number of fused-ring (bicyclic) bond motifs is 1. The van der Waals surface area contributed by atoms with Crippen LogP contribution in [0.15, 0.2) is 88.9 Å². The van der Waals surface area contributed by atoms with Gasteiger partial charge in [-0.05, 0) is 59.8 Å². The molecule has 4 nitrogen and oxygen atoms in total. The molecule has 1 aliphatic heterocycles. The van der Waals surface area contributed by atoms with Gasteiger partial charge in [0.25, 0.3) is 5.91 Å². The van der Waals surface area contributed by atoms with Gasteiger partial charge in [-0.2, -0.15) is 0 Å². The van der Waals surface area contributed by atoms with Crippen LogP contribution in [0.2, 0.25) is 10.0 Å². The molecule has 158 valence electrons. The van der Waals surface area contributed by atoms with Crippen molar-refractivity contribution in [3.8, 4) is 0 Å². The maximum Gasteiger partial charge on any atom is 0.264 e. The Hall–Kier alpha value is -2.99. The summed E-state index contributed by atoms with van der Waals surface area (Å²) in [6, 6.07) is 23.2. The number of amides is 1. The van der Waals surface area contributed by atoms with Gasteiger partial charge in [-0.25, -0.2) is 4.99 Å². The number of hydrogen-bond donors (Lipinski definition) is 1. The third-order valence-corrected chi connectivity index (χ3v) is 6.46. The molecule has 1 saturated heterocycles. The molecule has 1 aromatic heterocycles. The average Bonchev–Trinajstić information content (AvgIpc) is 3.30. The van der Waals surface area contributed by atoms with Crippen LogP contribution in [0.1, 0.15) is 11.1 Å². The zero-order valence-corrected chi connectivity index (χ0v) is 19.1.